The van der Waals surface area contributed by atoms with E-state index in [2.05, 4.69) is 34.0 Å². The first-order chi connectivity index (χ1) is 9.07. The Morgan fingerprint density at radius 2 is 2.21 bits per heavy atom. The third-order valence-corrected chi connectivity index (χ3v) is 4.75. The summed E-state index contributed by atoms with van der Waals surface area (Å²) in [5.41, 5.74) is 0.595. The fraction of sp³-hybridized carbons (Fsp3) is 0.692. The van der Waals surface area contributed by atoms with Crippen molar-refractivity contribution in [1.29, 1.82) is 0 Å². The van der Waals surface area contributed by atoms with Crippen LogP contribution in [0.4, 0.5) is 5.13 Å². The molecule has 0 radical (unpaired) electrons. The highest BCUT2D eigenvalue weighted by atomic mass is 32.1. The average molecular weight is 283 g/mol. The van der Waals surface area contributed by atoms with Crippen LogP contribution in [0.25, 0.3) is 0 Å². The van der Waals surface area contributed by atoms with Gasteiger partial charge in [-0.25, -0.2) is 9.78 Å². The van der Waals surface area contributed by atoms with E-state index in [0.717, 1.165) is 11.7 Å². The lowest BCUT2D eigenvalue weighted by molar-refractivity contribution is 0.0595. The number of carbonyl (C=O) groups excluding carboxylic acids is 1. The molecule has 0 saturated heterocycles. The van der Waals surface area contributed by atoms with Crippen molar-refractivity contribution in [3.8, 4) is 0 Å². The molecule has 1 heterocycles. The summed E-state index contributed by atoms with van der Waals surface area (Å²) in [6.45, 7) is 0.869. The lowest BCUT2D eigenvalue weighted by atomic mass is 9.96. The van der Waals surface area contributed by atoms with Gasteiger partial charge in [-0.15, -0.1) is 11.3 Å². The Balaban J connectivity index is 1.98. The van der Waals surface area contributed by atoms with Crippen LogP contribution in [0.2, 0.25) is 0 Å². The Hall–Kier alpha value is -1.14. The highest BCUT2D eigenvalue weighted by Crippen LogP contribution is 2.34. The maximum Gasteiger partial charge on any atom is 0.357 e. The van der Waals surface area contributed by atoms with Crippen molar-refractivity contribution in [1.82, 2.24) is 9.88 Å². The number of hydrogen-bond donors (Lipinski definition) is 1. The number of esters is 1. The van der Waals surface area contributed by atoms with Gasteiger partial charge in [0.15, 0.2) is 10.8 Å². The molecule has 0 aliphatic heterocycles. The molecule has 5 nitrogen and oxygen atoms in total. The standard InChI is InChI=1S/C13H21N3O2S/c1-16(2)13(6-4-5-7-13)9-14-12-15-10(8-19-12)11(17)18-3/h8H,4-7,9H2,1-3H3,(H,14,15). The monoisotopic (exact) mass is 283 g/mol. The first kappa shape index (κ1) is 14.3. The van der Waals surface area contributed by atoms with E-state index in [9.17, 15) is 4.79 Å². The lowest BCUT2D eigenvalue weighted by Gasteiger charge is -2.36. The van der Waals surface area contributed by atoms with Crippen LogP contribution in [-0.2, 0) is 4.74 Å². The molecule has 0 unspecified atom stereocenters. The molecule has 106 valence electrons. The largest absolute Gasteiger partial charge is 0.464 e. The number of likely N-dealkylation sites (N-methyl/N-ethyl adjacent to an activating group) is 1. The quantitative estimate of drug-likeness (QED) is 0.840. The van der Waals surface area contributed by atoms with Crippen molar-refractivity contribution >= 4 is 22.4 Å². The predicted molar refractivity (Wildman–Crippen MR) is 76.8 cm³/mol. The molecule has 0 bridgehead atoms. The van der Waals surface area contributed by atoms with E-state index in [1.807, 2.05) is 0 Å². The second-order valence-corrected chi connectivity index (χ2v) is 6.07. The van der Waals surface area contributed by atoms with Crippen molar-refractivity contribution in [3.63, 3.8) is 0 Å². The molecule has 1 saturated carbocycles. The zero-order valence-electron chi connectivity index (χ0n) is 11.7. The SMILES string of the molecule is COC(=O)c1csc(NCC2(N(C)C)CCCC2)n1. The molecule has 1 aromatic rings. The maximum atomic E-state index is 11.3. The molecule has 0 aromatic carbocycles. The molecule has 1 aromatic heterocycles. The van der Waals surface area contributed by atoms with E-state index < -0.39 is 0 Å². The Morgan fingerprint density at radius 1 is 1.53 bits per heavy atom. The molecule has 0 atom stereocenters. The second kappa shape index (κ2) is 5.88. The van der Waals surface area contributed by atoms with Gasteiger partial charge in [-0.2, -0.15) is 0 Å². The number of ether oxygens (including phenoxy) is 1. The van der Waals surface area contributed by atoms with Crippen molar-refractivity contribution in [2.24, 2.45) is 0 Å². The summed E-state index contributed by atoms with van der Waals surface area (Å²) in [5, 5.41) is 5.88. The number of nitrogens with one attached hydrogen (secondary N) is 1. The average Bonchev–Trinajstić information content (AvgIpc) is 3.05. The van der Waals surface area contributed by atoms with Gasteiger partial charge in [-0.05, 0) is 26.9 Å². The van der Waals surface area contributed by atoms with Gasteiger partial charge in [-0.1, -0.05) is 12.8 Å². The summed E-state index contributed by atoms with van der Waals surface area (Å²) in [6, 6.07) is 0. The first-order valence-electron chi connectivity index (χ1n) is 6.52. The number of rotatable bonds is 5. The van der Waals surface area contributed by atoms with Gasteiger partial charge < -0.3 is 15.0 Å². The van der Waals surface area contributed by atoms with Gasteiger partial charge in [0.1, 0.15) is 0 Å². The van der Waals surface area contributed by atoms with Crippen LogP contribution in [0, 0.1) is 0 Å². The fourth-order valence-corrected chi connectivity index (χ4v) is 3.29. The Morgan fingerprint density at radius 3 is 2.79 bits per heavy atom. The van der Waals surface area contributed by atoms with E-state index in [4.69, 9.17) is 0 Å². The van der Waals surface area contributed by atoms with Crippen molar-refractivity contribution in [3.05, 3.63) is 11.1 Å². The molecule has 19 heavy (non-hydrogen) atoms. The number of hydrogen-bond acceptors (Lipinski definition) is 6. The highest BCUT2D eigenvalue weighted by Gasteiger charge is 2.35. The van der Waals surface area contributed by atoms with Crippen molar-refractivity contribution in [2.45, 2.75) is 31.2 Å². The van der Waals surface area contributed by atoms with E-state index in [-0.39, 0.29) is 11.5 Å². The molecule has 1 fully saturated rings. The minimum atomic E-state index is -0.382. The molecule has 6 heteroatoms. The van der Waals surface area contributed by atoms with Gasteiger partial charge in [0.25, 0.3) is 0 Å². The topological polar surface area (TPSA) is 54.5 Å². The summed E-state index contributed by atoms with van der Waals surface area (Å²) in [6.07, 6.45) is 4.99. The summed E-state index contributed by atoms with van der Waals surface area (Å²) in [4.78, 5) is 17.9. The fourth-order valence-electron chi connectivity index (χ4n) is 2.61. The summed E-state index contributed by atoms with van der Waals surface area (Å²) in [5.74, 6) is -0.382. The van der Waals surface area contributed by atoms with Crippen molar-refractivity contribution in [2.75, 3.05) is 33.1 Å². The van der Waals surface area contributed by atoms with Gasteiger partial charge in [0.05, 0.1) is 7.11 Å². The molecule has 0 spiro atoms. The van der Waals surface area contributed by atoms with E-state index in [1.165, 1.54) is 44.1 Å². The zero-order chi connectivity index (χ0) is 13.9. The smallest absolute Gasteiger partial charge is 0.357 e. The van der Waals surface area contributed by atoms with Gasteiger partial charge in [0, 0.05) is 17.5 Å². The lowest BCUT2D eigenvalue weighted by Crippen LogP contribution is -2.47. The third kappa shape index (κ3) is 3.06. The number of carbonyl (C=O) groups is 1. The number of aromatic nitrogens is 1. The van der Waals surface area contributed by atoms with Crippen LogP contribution in [0.3, 0.4) is 0 Å². The minimum Gasteiger partial charge on any atom is -0.464 e. The minimum absolute atomic E-state index is 0.219. The summed E-state index contributed by atoms with van der Waals surface area (Å²) < 4.78 is 4.65. The van der Waals surface area contributed by atoms with E-state index in [1.54, 1.807) is 5.38 Å². The van der Waals surface area contributed by atoms with Crippen LogP contribution in [0.15, 0.2) is 5.38 Å². The van der Waals surface area contributed by atoms with E-state index in [0.29, 0.717) is 5.69 Å². The third-order valence-electron chi connectivity index (χ3n) is 3.95. The van der Waals surface area contributed by atoms with Crippen LogP contribution in [0.5, 0.6) is 0 Å². The number of thiazole rings is 1. The molecular formula is C13H21N3O2S. The second-order valence-electron chi connectivity index (χ2n) is 5.21. The number of methoxy groups -OCH3 is 1. The molecule has 2 rings (SSSR count). The van der Waals surface area contributed by atoms with Gasteiger partial charge >= 0.3 is 5.97 Å². The number of anilines is 1. The predicted octanol–water partition coefficient (Wildman–Crippen LogP) is 2.22. The highest BCUT2D eigenvalue weighted by molar-refractivity contribution is 7.13. The van der Waals surface area contributed by atoms with Crippen LogP contribution < -0.4 is 5.32 Å². The Labute approximate surface area is 118 Å². The molecule has 1 aliphatic rings. The van der Waals surface area contributed by atoms with Crippen LogP contribution in [0.1, 0.15) is 36.2 Å². The Kier molecular flexibility index (Phi) is 4.42. The molecular weight excluding hydrogens is 262 g/mol. The molecule has 1 N–H and O–H groups in total. The van der Waals surface area contributed by atoms with Crippen LogP contribution >= 0.6 is 11.3 Å². The maximum absolute atomic E-state index is 11.3. The summed E-state index contributed by atoms with van der Waals surface area (Å²) >= 11 is 1.45. The normalized spacial score (nSPS) is 17.7. The Bertz CT molecular complexity index is 439. The zero-order valence-corrected chi connectivity index (χ0v) is 12.5. The van der Waals surface area contributed by atoms with Gasteiger partial charge in [0.2, 0.25) is 0 Å². The first-order valence-corrected chi connectivity index (χ1v) is 7.40. The molecule has 0 amide bonds. The van der Waals surface area contributed by atoms with Crippen molar-refractivity contribution < 1.29 is 9.53 Å². The van der Waals surface area contributed by atoms with Crippen LogP contribution in [-0.4, -0.2) is 49.1 Å². The molecule has 1 aliphatic carbocycles. The van der Waals surface area contributed by atoms with Gasteiger partial charge in [-0.3, -0.25) is 0 Å². The summed E-state index contributed by atoms with van der Waals surface area (Å²) in [7, 11) is 5.64. The van der Waals surface area contributed by atoms with E-state index >= 15 is 0 Å². The number of nitrogens with zero attached hydrogens (tertiary/aromatic N) is 2.